The molecule has 3 rings (SSSR count). The van der Waals surface area contributed by atoms with Crippen LogP contribution in [0.4, 0.5) is 5.82 Å². The number of pyridine rings is 1. The molecular formula is C15H13N5S. The van der Waals surface area contributed by atoms with E-state index >= 15 is 0 Å². The molecule has 6 heteroatoms. The number of fused-ring (bicyclic) bond motifs is 1. The number of thiocarbonyl (C=S) groups is 1. The molecule has 0 spiro atoms. The van der Waals surface area contributed by atoms with Gasteiger partial charge in [-0.1, -0.05) is 30.4 Å². The lowest BCUT2D eigenvalue weighted by molar-refractivity contribution is 0.921. The van der Waals surface area contributed by atoms with Crippen LogP contribution in [-0.2, 0) is 6.54 Å². The van der Waals surface area contributed by atoms with Crippen LogP contribution < -0.4 is 11.1 Å². The molecule has 0 saturated heterocycles. The van der Waals surface area contributed by atoms with Crippen molar-refractivity contribution in [2.75, 3.05) is 5.32 Å². The van der Waals surface area contributed by atoms with Crippen LogP contribution in [0.1, 0.15) is 11.3 Å². The standard InChI is InChI=1S/C15H13N5S/c16-14(21)12-8-10-4-1-2-6-13(10)19-15(12)17-9-11-5-3-7-18-20-11/h1-8H,9H2,(H2,16,21)(H,17,19). The zero-order valence-corrected chi connectivity index (χ0v) is 12.0. The Morgan fingerprint density at radius 2 is 2.05 bits per heavy atom. The van der Waals surface area contributed by atoms with Crippen molar-refractivity contribution in [2.24, 2.45) is 5.73 Å². The van der Waals surface area contributed by atoms with Crippen molar-refractivity contribution in [3.63, 3.8) is 0 Å². The van der Waals surface area contributed by atoms with E-state index in [9.17, 15) is 0 Å². The second kappa shape index (κ2) is 5.80. The number of hydrogen-bond acceptors (Lipinski definition) is 5. The van der Waals surface area contributed by atoms with Gasteiger partial charge in [0.05, 0.1) is 23.3 Å². The van der Waals surface area contributed by atoms with Crippen LogP contribution in [0.5, 0.6) is 0 Å². The topological polar surface area (TPSA) is 76.7 Å². The molecule has 3 N–H and O–H groups in total. The Morgan fingerprint density at radius 3 is 2.81 bits per heavy atom. The average Bonchev–Trinajstić information content (AvgIpc) is 2.53. The first-order valence-electron chi connectivity index (χ1n) is 6.44. The second-order valence-electron chi connectivity index (χ2n) is 4.51. The summed E-state index contributed by atoms with van der Waals surface area (Å²) < 4.78 is 0. The van der Waals surface area contributed by atoms with Gasteiger partial charge >= 0.3 is 0 Å². The van der Waals surface area contributed by atoms with Crippen LogP contribution >= 0.6 is 12.2 Å². The molecule has 0 saturated carbocycles. The predicted molar refractivity (Wildman–Crippen MR) is 87.0 cm³/mol. The minimum absolute atomic E-state index is 0.315. The lowest BCUT2D eigenvalue weighted by Crippen LogP contribution is -2.15. The van der Waals surface area contributed by atoms with E-state index in [-0.39, 0.29) is 0 Å². The van der Waals surface area contributed by atoms with E-state index in [1.807, 2.05) is 42.5 Å². The summed E-state index contributed by atoms with van der Waals surface area (Å²) in [7, 11) is 0. The van der Waals surface area contributed by atoms with Crippen molar-refractivity contribution in [1.82, 2.24) is 15.2 Å². The molecular weight excluding hydrogens is 282 g/mol. The van der Waals surface area contributed by atoms with Gasteiger partial charge in [0.2, 0.25) is 0 Å². The average molecular weight is 295 g/mol. The van der Waals surface area contributed by atoms with Crippen LogP contribution in [0.25, 0.3) is 10.9 Å². The molecule has 104 valence electrons. The molecule has 5 nitrogen and oxygen atoms in total. The van der Waals surface area contributed by atoms with Crippen LogP contribution in [0.3, 0.4) is 0 Å². The SMILES string of the molecule is NC(=S)c1cc2ccccc2nc1NCc1cccnn1. The number of rotatable bonds is 4. The normalized spacial score (nSPS) is 10.5. The van der Waals surface area contributed by atoms with Gasteiger partial charge in [-0.05, 0) is 24.3 Å². The first-order chi connectivity index (χ1) is 10.2. The molecule has 0 atom stereocenters. The summed E-state index contributed by atoms with van der Waals surface area (Å²) in [6, 6.07) is 13.5. The quantitative estimate of drug-likeness (QED) is 0.719. The zero-order valence-electron chi connectivity index (χ0n) is 11.2. The van der Waals surface area contributed by atoms with Crippen LogP contribution in [0.15, 0.2) is 48.7 Å². The molecule has 0 unspecified atom stereocenters. The van der Waals surface area contributed by atoms with E-state index in [2.05, 4.69) is 20.5 Å². The summed E-state index contributed by atoms with van der Waals surface area (Å²) in [5, 5.41) is 12.1. The van der Waals surface area contributed by atoms with Crippen molar-refractivity contribution in [3.8, 4) is 0 Å². The maximum Gasteiger partial charge on any atom is 0.137 e. The third-order valence-electron chi connectivity index (χ3n) is 3.05. The fourth-order valence-electron chi connectivity index (χ4n) is 2.04. The Labute approximate surface area is 127 Å². The Morgan fingerprint density at radius 1 is 1.19 bits per heavy atom. The molecule has 0 amide bonds. The number of benzene rings is 1. The highest BCUT2D eigenvalue weighted by molar-refractivity contribution is 7.80. The lowest BCUT2D eigenvalue weighted by atomic mass is 10.1. The van der Waals surface area contributed by atoms with Crippen molar-refractivity contribution >= 4 is 33.9 Å². The van der Waals surface area contributed by atoms with Crippen molar-refractivity contribution < 1.29 is 0 Å². The highest BCUT2D eigenvalue weighted by atomic mass is 32.1. The maximum absolute atomic E-state index is 5.80. The number of hydrogen-bond donors (Lipinski definition) is 2. The highest BCUT2D eigenvalue weighted by Crippen LogP contribution is 2.20. The van der Waals surface area contributed by atoms with Gasteiger partial charge in [-0.15, -0.1) is 0 Å². The maximum atomic E-state index is 5.80. The van der Waals surface area contributed by atoms with Crippen LogP contribution in [-0.4, -0.2) is 20.2 Å². The van der Waals surface area contributed by atoms with Crippen LogP contribution in [0, 0.1) is 0 Å². The van der Waals surface area contributed by atoms with Gasteiger partial charge in [-0.3, -0.25) is 0 Å². The van der Waals surface area contributed by atoms with Gasteiger partial charge in [0.15, 0.2) is 0 Å². The molecule has 0 bridgehead atoms. The van der Waals surface area contributed by atoms with E-state index in [1.54, 1.807) is 6.20 Å². The fraction of sp³-hybridized carbons (Fsp3) is 0.0667. The Kier molecular flexibility index (Phi) is 3.70. The summed E-state index contributed by atoms with van der Waals surface area (Å²) in [5.74, 6) is 0.659. The third-order valence-corrected chi connectivity index (χ3v) is 3.27. The Hall–Kier alpha value is -2.60. The summed E-state index contributed by atoms with van der Waals surface area (Å²) >= 11 is 5.11. The Bertz CT molecular complexity index is 788. The van der Waals surface area contributed by atoms with Crippen molar-refractivity contribution in [3.05, 3.63) is 59.9 Å². The predicted octanol–water partition coefficient (Wildman–Crippen LogP) is 2.27. The minimum Gasteiger partial charge on any atom is -0.389 e. The highest BCUT2D eigenvalue weighted by Gasteiger charge is 2.09. The molecule has 0 fully saturated rings. The molecule has 0 aliphatic heterocycles. The minimum atomic E-state index is 0.315. The van der Waals surface area contributed by atoms with E-state index in [4.69, 9.17) is 18.0 Å². The van der Waals surface area contributed by atoms with Gasteiger partial charge < -0.3 is 11.1 Å². The summed E-state index contributed by atoms with van der Waals surface area (Å²) in [6.07, 6.45) is 1.64. The number of anilines is 1. The molecule has 0 radical (unpaired) electrons. The first-order valence-corrected chi connectivity index (χ1v) is 6.85. The Balaban J connectivity index is 1.96. The van der Waals surface area contributed by atoms with Gasteiger partial charge in [0.25, 0.3) is 0 Å². The largest absolute Gasteiger partial charge is 0.389 e. The fourth-order valence-corrected chi connectivity index (χ4v) is 2.20. The zero-order chi connectivity index (χ0) is 14.7. The van der Waals surface area contributed by atoms with Gasteiger partial charge in [0, 0.05) is 11.6 Å². The van der Waals surface area contributed by atoms with Gasteiger partial charge in [-0.2, -0.15) is 10.2 Å². The number of aromatic nitrogens is 3. The van der Waals surface area contributed by atoms with Gasteiger partial charge in [0.1, 0.15) is 10.8 Å². The lowest BCUT2D eigenvalue weighted by Gasteiger charge is -2.11. The van der Waals surface area contributed by atoms with E-state index in [0.29, 0.717) is 17.4 Å². The summed E-state index contributed by atoms with van der Waals surface area (Å²) in [5.41, 5.74) is 8.24. The molecule has 0 aliphatic carbocycles. The number of nitrogens with one attached hydrogen (secondary N) is 1. The van der Waals surface area contributed by atoms with E-state index < -0.39 is 0 Å². The number of nitrogens with zero attached hydrogens (tertiary/aromatic N) is 3. The van der Waals surface area contributed by atoms with E-state index in [1.165, 1.54) is 0 Å². The second-order valence-corrected chi connectivity index (χ2v) is 4.95. The van der Waals surface area contributed by atoms with E-state index in [0.717, 1.165) is 22.2 Å². The van der Waals surface area contributed by atoms with Crippen molar-refractivity contribution in [2.45, 2.75) is 6.54 Å². The molecule has 3 aromatic rings. The third kappa shape index (κ3) is 2.95. The first kappa shape index (κ1) is 13.4. The summed E-state index contributed by atoms with van der Waals surface area (Å²) in [4.78, 5) is 4.90. The molecule has 2 heterocycles. The molecule has 1 aromatic carbocycles. The number of nitrogens with two attached hydrogens (primary N) is 1. The smallest absolute Gasteiger partial charge is 0.137 e. The molecule has 0 aliphatic rings. The van der Waals surface area contributed by atoms with Crippen LogP contribution in [0.2, 0.25) is 0 Å². The summed E-state index contributed by atoms with van der Waals surface area (Å²) in [6.45, 7) is 0.509. The molecule has 2 aromatic heterocycles. The monoisotopic (exact) mass is 295 g/mol. The molecule has 21 heavy (non-hydrogen) atoms. The van der Waals surface area contributed by atoms with Gasteiger partial charge in [-0.25, -0.2) is 4.98 Å². The number of para-hydroxylation sites is 1. The van der Waals surface area contributed by atoms with Crippen molar-refractivity contribution in [1.29, 1.82) is 0 Å².